The van der Waals surface area contributed by atoms with Gasteiger partial charge in [0.1, 0.15) is 5.76 Å². The van der Waals surface area contributed by atoms with E-state index in [2.05, 4.69) is 15.5 Å². The predicted octanol–water partition coefficient (Wildman–Crippen LogP) is 4.09. The summed E-state index contributed by atoms with van der Waals surface area (Å²) in [6.07, 6.45) is 2.92. The highest BCUT2D eigenvalue weighted by Gasteiger charge is 2.32. The van der Waals surface area contributed by atoms with Crippen LogP contribution in [0.1, 0.15) is 69.0 Å². The molecule has 1 atom stereocenters. The smallest absolute Gasteiger partial charge is 0.318 e. The standard InChI is InChI=1S/C20H29N5O2/c1-12-11-15(17-13(2)24-27-14(17)3)22-18(21-12)16-9-7-8-10-25(16)19(26)23-20(4,5)6/h11,16H,7-10H2,1-6H3,(H,23,26). The molecule has 7 nitrogen and oxygen atoms in total. The maximum Gasteiger partial charge on any atom is 0.318 e. The van der Waals surface area contributed by atoms with E-state index in [0.29, 0.717) is 12.4 Å². The minimum absolute atomic E-state index is 0.0591. The highest BCUT2D eigenvalue weighted by Crippen LogP contribution is 2.32. The summed E-state index contributed by atoms with van der Waals surface area (Å²) in [6, 6.07) is 1.76. The lowest BCUT2D eigenvalue weighted by molar-refractivity contribution is 0.141. The van der Waals surface area contributed by atoms with Gasteiger partial charge >= 0.3 is 6.03 Å². The van der Waals surface area contributed by atoms with Gasteiger partial charge in [-0.05, 0) is 66.9 Å². The Morgan fingerprint density at radius 1 is 1.22 bits per heavy atom. The van der Waals surface area contributed by atoms with Crippen LogP contribution in [0.2, 0.25) is 0 Å². The molecule has 27 heavy (non-hydrogen) atoms. The first-order valence-corrected chi connectivity index (χ1v) is 9.53. The number of nitrogens with one attached hydrogen (secondary N) is 1. The molecule has 0 radical (unpaired) electrons. The molecule has 0 aromatic carbocycles. The van der Waals surface area contributed by atoms with Crippen molar-refractivity contribution in [2.24, 2.45) is 0 Å². The second-order valence-corrected chi connectivity index (χ2v) is 8.34. The zero-order valence-corrected chi connectivity index (χ0v) is 17.1. The third kappa shape index (κ3) is 4.28. The number of rotatable bonds is 2. The van der Waals surface area contributed by atoms with Gasteiger partial charge in [0, 0.05) is 17.8 Å². The Morgan fingerprint density at radius 3 is 2.59 bits per heavy atom. The summed E-state index contributed by atoms with van der Waals surface area (Å²) in [5.41, 5.74) is 3.10. The molecule has 3 heterocycles. The molecule has 7 heteroatoms. The molecule has 1 aliphatic rings. The van der Waals surface area contributed by atoms with Gasteiger partial charge in [0.15, 0.2) is 5.82 Å². The van der Waals surface area contributed by atoms with Gasteiger partial charge in [-0.1, -0.05) is 5.16 Å². The van der Waals surface area contributed by atoms with Crippen molar-refractivity contribution in [3.8, 4) is 11.3 Å². The number of hydrogen-bond acceptors (Lipinski definition) is 5. The number of likely N-dealkylation sites (tertiary alicyclic amines) is 1. The number of hydrogen-bond donors (Lipinski definition) is 1. The van der Waals surface area contributed by atoms with Crippen LogP contribution in [-0.4, -0.2) is 38.1 Å². The van der Waals surface area contributed by atoms with E-state index in [0.717, 1.165) is 47.7 Å². The van der Waals surface area contributed by atoms with E-state index < -0.39 is 0 Å². The summed E-state index contributed by atoms with van der Waals surface area (Å²) in [5.74, 6) is 1.43. The lowest BCUT2D eigenvalue weighted by Gasteiger charge is -2.37. The number of piperidine rings is 1. The molecular weight excluding hydrogens is 342 g/mol. The molecule has 0 bridgehead atoms. The molecule has 3 rings (SSSR count). The van der Waals surface area contributed by atoms with Crippen LogP contribution in [-0.2, 0) is 0 Å². The van der Waals surface area contributed by atoms with E-state index in [1.807, 2.05) is 52.5 Å². The van der Waals surface area contributed by atoms with Crippen LogP contribution < -0.4 is 5.32 Å². The molecule has 0 saturated carbocycles. The van der Waals surface area contributed by atoms with Gasteiger partial charge in [-0.2, -0.15) is 0 Å². The first-order chi connectivity index (χ1) is 12.7. The van der Waals surface area contributed by atoms with Gasteiger partial charge in [0.25, 0.3) is 0 Å². The summed E-state index contributed by atoms with van der Waals surface area (Å²) >= 11 is 0. The van der Waals surface area contributed by atoms with Crippen LogP contribution in [0.4, 0.5) is 4.79 Å². The normalized spacial score (nSPS) is 17.9. The van der Waals surface area contributed by atoms with Crippen LogP contribution >= 0.6 is 0 Å². The minimum atomic E-state index is -0.283. The van der Waals surface area contributed by atoms with Gasteiger partial charge in [-0.3, -0.25) is 0 Å². The van der Waals surface area contributed by atoms with Gasteiger partial charge in [0.05, 0.1) is 23.0 Å². The van der Waals surface area contributed by atoms with Crippen LogP contribution in [0.25, 0.3) is 11.3 Å². The van der Waals surface area contributed by atoms with Crippen molar-refractivity contribution in [3.63, 3.8) is 0 Å². The van der Waals surface area contributed by atoms with Crippen LogP contribution in [0.15, 0.2) is 10.6 Å². The lowest BCUT2D eigenvalue weighted by Crippen LogP contribution is -2.51. The first kappa shape index (κ1) is 19.3. The summed E-state index contributed by atoms with van der Waals surface area (Å²) in [6.45, 7) is 12.4. The molecule has 2 aromatic rings. The number of urea groups is 1. The monoisotopic (exact) mass is 371 g/mol. The average Bonchev–Trinajstić information content (AvgIpc) is 2.91. The second-order valence-electron chi connectivity index (χ2n) is 8.34. The van der Waals surface area contributed by atoms with Crippen molar-refractivity contribution in [2.45, 2.75) is 72.4 Å². The van der Waals surface area contributed by atoms with Crippen molar-refractivity contribution in [2.75, 3.05) is 6.54 Å². The Bertz CT molecular complexity index is 818. The molecule has 2 amide bonds. The molecule has 0 aliphatic carbocycles. The molecular formula is C20H29N5O2. The SMILES string of the molecule is Cc1cc(-c2c(C)noc2C)nc(C2CCCCN2C(=O)NC(C)(C)C)n1. The molecule has 1 saturated heterocycles. The Morgan fingerprint density at radius 2 is 1.96 bits per heavy atom. The Kier molecular flexibility index (Phi) is 5.22. The van der Waals surface area contributed by atoms with Crippen molar-refractivity contribution >= 4 is 6.03 Å². The summed E-state index contributed by atoms with van der Waals surface area (Å²) in [4.78, 5) is 24.2. The Hall–Kier alpha value is -2.44. The zero-order chi connectivity index (χ0) is 19.8. The minimum Gasteiger partial charge on any atom is -0.361 e. The van der Waals surface area contributed by atoms with Gasteiger partial charge in [-0.15, -0.1) is 0 Å². The predicted molar refractivity (Wildman–Crippen MR) is 103 cm³/mol. The fraction of sp³-hybridized carbons (Fsp3) is 0.600. The molecule has 0 spiro atoms. The van der Waals surface area contributed by atoms with Gasteiger partial charge < -0.3 is 14.7 Å². The number of carbonyl (C=O) groups excluding carboxylic acids is 1. The number of nitrogens with zero attached hydrogens (tertiary/aromatic N) is 4. The molecule has 146 valence electrons. The summed E-state index contributed by atoms with van der Waals surface area (Å²) < 4.78 is 5.30. The van der Waals surface area contributed by atoms with E-state index in [1.54, 1.807) is 0 Å². The number of aromatic nitrogens is 3. The van der Waals surface area contributed by atoms with E-state index in [1.165, 1.54) is 0 Å². The van der Waals surface area contributed by atoms with E-state index >= 15 is 0 Å². The maximum absolute atomic E-state index is 12.8. The van der Waals surface area contributed by atoms with Crippen molar-refractivity contribution in [3.05, 3.63) is 29.0 Å². The molecule has 1 aliphatic heterocycles. The molecule has 2 aromatic heterocycles. The second kappa shape index (κ2) is 7.29. The Labute approximate surface area is 160 Å². The molecule has 1 fully saturated rings. The third-order valence-corrected chi connectivity index (χ3v) is 4.70. The van der Waals surface area contributed by atoms with E-state index in [9.17, 15) is 4.79 Å². The number of amides is 2. The van der Waals surface area contributed by atoms with Crippen LogP contribution in [0.3, 0.4) is 0 Å². The fourth-order valence-electron chi connectivity index (χ4n) is 3.55. The highest BCUT2D eigenvalue weighted by atomic mass is 16.5. The highest BCUT2D eigenvalue weighted by molar-refractivity contribution is 5.75. The van der Waals surface area contributed by atoms with E-state index in [4.69, 9.17) is 9.51 Å². The zero-order valence-electron chi connectivity index (χ0n) is 17.1. The third-order valence-electron chi connectivity index (χ3n) is 4.70. The largest absolute Gasteiger partial charge is 0.361 e. The van der Waals surface area contributed by atoms with Crippen LogP contribution in [0, 0.1) is 20.8 Å². The first-order valence-electron chi connectivity index (χ1n) is 9.53. The van der Waals surface area contributed by atoms with Crippen LogP contribution in [0.5, 0.6) is 0 Å². The molecule has 1 unspecified atom stereocenters. The topological polar surface area (TPSA) is 84.2 Å². The maximum atomic E-state index is 12.8. The quantitative estimate of drug-likeness (QED) is 0.859. The average molecular weight is 371 g/mol. The lowest BCUT2D eigenvalue weighted by atomic mass is 10.0. The van der Waals surface area contributed by atoms with E-state index in [-0.39, 0.29) is 17.6 Å². The Balaban J connectivity index is 1.97. The number of aryl methyl sites for hydroxylation is 3. The molecule has 1 N–H and O–H groups in total. The summed E-state index contributed by atoms with van der Waals surface area (Å²) in [7, 11) is 0. The number of carbonyl (C=O) groups is 1. The van der Waals surface area contributed by atoms with Crippen molar-refractivity contribution in [1.82, 2.24) is 25.3 Å². The van der Waals surface area contributed by atoms with Crippen molar-refractivity contribution in [1.29, 1.82) is 0 Å². The summed E-state index contributed by atoms with van der Waals surface area (Å²) in [5, 5.41) is 7.11. The fourth-order valence-corrected chi connectivity index (χ4v) is 3.55. The van der Waals surface area contributed by atoms with Gasteiger partial charge in [0.2, 0.25) is 0 Å². The van der Waals surface area contributed by atoms with Gasteiger partial charge in [-0.25, -0.2) is 14.8 Å². The van der Waals surface area contributed by atoms with Crippen molar-refractivity contribution < 1.29 is 9.32 Å².